The summed E-state index contributed by atoms with van der Waals surface area (Å²) in [5.41, 5.74) is 3.23. The Morgan fingerprint density at radius 1 is 1.10 bits per heavy atom. The van der Waals surface area contributed by atoms with Crippen LogP contribution >= 0.6 is 0 Å². The van der Waals surface area contributed by atoms with Gasteiger partial charge in [0.15, 0.2) is 20.5 Å². The third-order valence-electron chi connectivity index (χ3n) is 4.54. The predicted octanol–water partition coefficient (Wildman–Crippen LogP) is 2.82. The number of ether oxygens (including phenoxy) is 1. The van der Waals surface area contributed by atoms with Crippen molar-refractivity contribution in [1.29, 1.82) is 0 Å². The molecule has 1 aromatic carbocycles. The van der Waals surface area contributed by atoms with Crippen molar-refractivity contribution in [3.63, 3.8) is 0 Å². The molecule has 8 nitrogen and oxygen atoms in total. The van der Waals surface area contributed by atoms with Crippen LogP contribution in [0, 0.1) is 0 Å². The molecule has 3 aromatic heterocycles. The molecule has 0 saturated carbocycles. The SMILES string of the molecule is COc1ccccc1CNc1ccc(-c2ccc(S(C)(=O)=O)nc2)c2nncn12. The number of para-hydroxylation sites is 1. The molecule has 0 aliphatic carbocycles. The van der Waals surface area contributed by atoms with Crippen LogP contribution in [0.25, 0.3) is 16.8 Å². The molecule has 4 aromatic rings. The van der Waals surface area contributed by atoms with Crippen LogP contribution in [0.4, 0.5) is 5.82 Å². The van der Waals surface area contributed by atoms with Crippen molar-refractivity contribution < 1.29 is 13.2 Å². The summed E-state index contributed by atoms with van der Waals surface area (Å²) >= 11 is 0. The smallest absolute Gasteiger partial charge is 0.192 e. The van der Waals surface area contributed by atoms with Gasteiger partial charge in [0, 0.05) is 35.7 Å². The van der Waals surface area contributed by atoms with E-state index in [4.69, 9.17) is 4.74 Å². The number of methoxy groups -OCH3 is 1. The first kappa shape index (κ1) is 18.9. The van der Waals surface area contributed by atoms with Gasteiger partial charge in [-0.05, 0) is 30.3 Å². The van der Waals surface area contributed by atoms with Crippen molar-refractivity contribution in [3.05, 3.63) is 66.6 Å². The standard InChI is InChI=1S/C20H19N5O3S/c1-28-17-6-4-3-5-15(17)12-21-18-9-8-16(20-24-23-13-25(18)20)14-7-10-19(22-11-14)29(2,26)27/h3-11,13,21H,12H2,1-2H3. The largest absolute Gasteiger partial charge is 0.496 e. The summed E-state index contributed by atoms with van der Waals surface area (Å²) in [5, 5.41) is 11.7. The van der Waals surface area contributed by atoms with E-state index in [2.05, 4.69) is 20.5 Å². The maximum absolute atomic E-state index is 11.6. The Kier molecular flexibility index (Phi) is 4.89. The van der Waals surface area contributed by atoms with E-state index in [1.807, 2.05) is 40.8 Å². The van der Waals surface area contributed by atoms with Gasteiger partial charge in [-0.2, -0.15) is 0 Å². The van der Waals surface area contributed by atoms with Gasteiger partial charge < -0.3 is 10.1 Å². The molecule has 9 heteroatoms. The van der Waals surface area contributed by atoms with E-state index >= 15 is 0 Å². The Balaban J connectivity index is 1.65. The maximum atomic E-state index is 11.6. The fraction of sp³-hybridized carbons (Fsp3) is 0.150. The molecule has 0 aliphatic heterocycles. The highest BCUT2D eigenvalue weighted by Crippen LogP contribution is 2.27. The van der Waals surface area contributed by atoms with Crippen LogP contribution in [0.3, 0.4) is 0 Å². The predicted molar refractivity (Wildman–Crippen MR) is 110 cm³/mol. The van der Waals surface area contributed by atoms with Crippen LogP contribution in [-0.4, -0.2) is 41.4 Å². The lowest BCUT2D eigenvalue weighted by molar-refractivity contribution is 0.410. The monoisotopic (exact) mass is 409 g/mol. The molecule has 0 atom stereocenters. The minimum Gasteiger partial charge on any atom is -0.496 e. The quantitative estimate of drug-likeness (QED) is 0.523. The van der Waals surface area contributed by atoms with E-state index in [9.17, 15) is 8.42 Å². The van der Waals surface area contributed by atoms with Gasteiger partial charge in [-0.15, -0.1) is 10.2 Å². The minimum atomic E-state index is -3.34. The zero-order valence-electron chi connectivity index (χ0n) is 15.9. The lowest BCUT2D eigenvalue weighted by atomic mass is 10.1. The van der Waals surface area contributed by atoms with E-state index in [1.54, 1.807) is 19.5 Å². The topological polar surface area (TPSA) is 98.5 Å². The Bertz CT molecular complexity index is 1270. The number of benzene rings is 1. The van der Waals surface area contributed by atoms with Gasteiger partial charge in [-0.1, -0.05) is 18.2 Å². The molecular weight excluding hydrogens is 390 g/mol. The van der Waals surface area contributed by atoms with Gasteiger partial charge in [0.05, 0.1) is 7.11 Å². The average molecular weight is 409 g/mol. The second-order valence-electron chi connectivity index (χ2n) is 6.48. The lowest BCUT2D eigenvalue weighted by Gasteiger charge is -2.13. The van der Waals surface area contributed by atoms with E-state index in [0.717, 1.165) is 34.5 Å². The number of hydrogen-bond donors (Lipinski definition) is 1. The van der Waals surface area contributed by atoms with Gasteiger partial charge in [0.2, 0.25) is 0 Å². The number of nitrogens with one attached hydrogen (secondary N) is 1. The molecule has 0 unspecified atom stereocenters. The Hall–Kier alpha value is -3.46. The summed E-state index contributed by atoms with van der Waals surface area (Å²) in [5.74, 6) is 1.63. The number of aromatic nitrogens is 4. The second-order valence-corrected chi connectivity index (χ2v) is 8.44. The number of hydrogen-bond acceptors (Lipinski definition) is 7. The van der Waals surface area contributed by atoms with Crippen LogP contribution in [0.1, 0.15) is 5.56 Å². The number of fused-ring (bicyclic) bond motifs is 1. The highest BCUT2D eigenvalue weighted by atomic mass is 32.2. The third kappa shape index (κ3) is 3.77. The fourth-order valence-corrected chi connectivity index (χ4v) is 3.63. The number of nitrogens with zero attached hydrogens (tertiary/aromatic N) is 4. The zero-order valence-corrected chi connectivity index (χ0v) is 16.7. The molecular formula is C20H19N5O3S. The summed E-state index contributed by atoms with van der Waals surface area (Å²) in [4.78, 5) is 4.06. The zero-order chi connectivity index (χ0) is 20.4. The molecule has 0 aliphatic rings. The molecule has 29 heavy (non-hydrogen) atoms. The van der Waals surface area contributed by atoms with Gasteiger partial charge in [-0.3, -0.25) is 4.40 Å². The third-order valence-corrected chi connectivity index (χ3v) is 5.54. The van der Waals surface area contributed by atoms with Crippen LogP contribution in [0.15, 0.2) is 66.1 Å². The van der Waals surface area contributed by atoms with Gasteiger partial charge in [0.1, 0.15) is 17.9 Å². The van der Waals surface area contributed by atoms with Gasteiger partial charge >= 0.3 is 0 Å². The number of pyridine rings is 2. The molecule has 4 rings (SSSR count). The first-order chi connectivity index (χ1) is 14.0. The fourth-order valence-electron chi connectivity index (χ4n) is 3.08. The van der Waals surface area contributed by atoms with E-state index in [1.165, 1.54) is 12.3 Å². The molecule has 0 bridgehead atoms. The molecule has 3 heterocycles. The summed E-state index contributed by atoms with van der Waals surface area (Å²) < 4.78 is 30.5. The van der Waals surface area contributed by atoms with Crippen molar-refractivity contribution in [3.8, 4) is 16.9 Å². The molecule has 0 spiro atoms. The molecule has 1 N–H and O–H groups in total. The summed E-state index contributed by atoms with van der Waals surface area (Å²) in [6, 6.07) is 14.8. The summed E-state index contributed by atoms with van der Waals surface area (Å²) in [6.07, 6.45) is 4.29. The first-order valence-electron chi connectivity index (χ1n) is 8.82. The molecule has 0 radical (unpaired) electrons. The minimum absolute atomic E-state index is 0.0360. The van der Waals surface area contributed by atoms with Crippen LogP contribution < -0.4 is 10.1 Å². The highest BCUT2D eigenvalue weighted by molar-refractivity contribution is 7.90. The first-order valence-corrected chi connectivity index (χ1v) is 10.7. The Labute approximate surface area is 168 Å². The van der Waals surface area contributed by atoms with Crippen molar-refractivity contribution in [2.75, 3.05) is 18.7 Å². The molecule has 148 valence electrons. The van der Waals surface area contributed by atoms with Crippen LogP contribution in [0.5, 0.6) is 5.75 Å². The molecule has 0 amide bonds. The van der Waals surface area contributed by atoms with E-state index in [-0.39, 0.29) is 5.03 Å². The molecule has 0 fully saturated rings. The Morgan fingerprint density at radius 2 is 1.93 bits per heavy atom. The van der Waals surface area contributed by atoms with Gasteiger partial charge in [0.25, 0.3) is 0 Å². The maximum Gasteiger partial charge on any atom is 0.192 e. The van der Waals surface area contributed by atoms with Crippen molar-refractivity contribution in [1.82, 2.24) is 19.6 Å². The van der Waals surface area contributed by atoms with Crippen molar-refractivity contribution in [2.24, 2.45) is 0 Å². The lowest BCUT2D eigenvalue weighted by Crippen LogP contribution is -2.05. The number of sulfone groups is 1. The van der Waals surface area contributed by atoms with Gasteiger partial charge in [-0.25, -0.2) is 13.4 Å². The normalized spacial score (nSPS) is 11.5. The van der Waals surface area contributed by atoms with E-state index < -0.39 is 9.84 Å². The molecule has 0 saturated heterocycles. The van der Waals surface area contributed by atoms with Crippen molar-refractivity contribution in [2.45, 2.75) is 11.6 Å². The van der Waals surface area contributed by atoms with E-state index in [0.29, 0.717) is 12.2 Å². The Morgan fingerprint density at radius 3 is 2.66 bits per heavy atom. The number of rotatable bonds is 6. The second kappa shape index (κ2) is 7.51. The highest BCUT2D eigenvalue weighted by Gasteiger charge is 2.13. The van der Waals surface area contributed by atoms with Crippen LogP contribution in [-0.2, 0) is 16.4 Å². The number of anilines is 1. The summed E-state index contributed by atoms with van der Waals surface area (Å²) in [6.45, 7) is 0.571. The average Bonchev–Trinajstić information content (AvgIpc) is 3.22. The summed E-state index contributed by atoms with van der Waals surface area (Å²) in [7, 11) is -1.70. The van der Waals surface area contributed by atoms with Crippen LogP contribution in [0.2, 0.25) is 0 Å². The van der Waals surface area contributed by atoms with Crippen molar-refractivity contribution >= 4 is 21.3 Å².